The maximum atomic E-state index is 5.08. The van der Waals surface area contributed by atoms with Gasteiger partial charge in [-0.2, -0.15) is 4.98 Å². The van der Waals surface area contributed by atoms with E-state index in [0.29, 0.717) is 6.17 Å². The third-order valence-corrected chi connectivity index (χ3v) is 5.49. The van der Waals surface area contributed by atoms with Gasteiger partial charge in [0.05, 0.1) is 11.7 Å². The first-order valence-electron chi connectivity index (χ1n) is 9.88. The number of anilines is 2. The summed E-state index contributed by atoms with van der Waals surface area (Å²) in [6.45, 7) is 6.43. The number of hydrogen-bond acceptors (Lipinski definition) is 5. The summed E-state index contributed by atoms with van der Waals surface area (Å²) in [4.78, 5) is 14.8. The van der Waals surface area contributed by atoms with Crippen molar-refractivity contribution >= 4 is 22.7 Å². The summed E-state index contributed by atoms with van der Waals surface area (Å²) in [6, 6.07) is 8.47. The summed E-state index contributed by atoms with van der Waals surface area (Å²) in [5, 5.41) is 4.78. The molecule has 5 nitrogen and oxygen atoms in total. The van der Waals surface area contributed by atoms with Gasteiger partial charge in [0, 0.05) is 25.0 Å². The second-order valence-corrected chi connectivity index (χ2v) is 7.16. The molecule has 2 aromatic rings. The minimum absolute atomic E-state index is 0.364. The molecule has 0 saturated carbocycles. The van der Waals surface area contributed by atoms with Crippen molar-refractivity contribution in [1.82, 2.24) is 15.3 Å². The van der Waals surface area contributed by atoms with Crippen LogP contribution in [0, 0.1) is 0 Å². The Kier molecular flexibility index (Phi) is 5.02. The van der Waals surface area contributed by atoms with Crippen LogP contribution in [0.1, 0.15) is 45.4 Å². The lowest BCUT2D eigenvalue weighted by atomic mass is 10.2. The molecule has 1 aromatic carbocycles. The summed E-state index contributed by atoms with van der Waals surface area (Å²) in [7, 11) is 0. The number of benzene rings is 1. The van der Waals surface area contributed by atoms with Crippen molar-refractivity contribution in [3.8, 4) is 0 Å². The second-order valence-electron chi connectivity index (χ2n) is 7.16. The number of aromatic nitrogens is 2. The van der Waals surface area contributed by atoms with Gasteiger partial charge in [-0.1, -0.05) is 25.0 Å². The quantitative estimate of drug-likeness (QED) is 0.923. The first kappa shape index (κ1) is 16.6. The van der Waals surface area contributed by atoms with E-state index in [4.69, 9.17) is 9.97 Å². The summed E-state index contributed by atoms with van der Waals surface area (Å²) in [6.07, 6.45) is 7.95. The van der Waals surface area contributed by atoms with Gasteiger partial charge in [0.2, 0.25) is 5.95 Å². The fraction of sp³-hybridized carbons (Fsp3) is 0.600. The molecule has 1 atom stereocenters. The van der Waals surface area contributed by atoms with E-state index in [0.717, 1.165) is 43.5 Å². The highest BCUT2D eigenvalue weighted by Gasteiger charge is 2.25. The van der Waals surface area contributed by atoms with Gasteiger partial charge in [0.1, 0.15) is 5.82 Å². The summed E-state index contributed by atoms with van der Waals surface area (Å²) < 4.78 is 0. The first-order chi connectivity index (χ1) is 12.4. The van der Waals surface area contributed by atoms with E-state index in [-0.39, 0.29) is 0 Å². The molecule has 0 bridgehead atoms. The summed E-state index contributed by atoms with van der Waals surface area (Å²) >= 11 is 0. The smallest absolute Gasteiger partial charge is 0.229 e. The van der Waals surface area contributed by atoms with Crippen LogP contribution in [0.25, 0.3) is 10.9 Å². The van der Waals surface area contributed by atoms with Gasteiger partial charge in [-0.3, -0.25) is 5.32 Å². The highest BCUT2D eigenvalue weighted by Crippen LogP contribution is 2.29. The molecule has 2 fully saturated rings. The normalized spacial score (nSPS) is 21.5. The van der Waals surface area contributed by atoms with Crippen LogP contribution in [0.15, 0.2) is 24.3 Å². The van der Waals surface area contributed by atoms with Crippen molar-refractivity contribution < 1.29 is 0 Å². The van der Waals surface area contributed by atoms with Crippen molar-refractivity contribution in [2.24, 2.45) is 0 Å². The average Bonchev–Trinajstić information content (AvgIpc) is 3.03. The van der Waals surface area contributed by atoms with Crippen molar-refractivity contribution in [2.45, 2.75) is 51.6 Å². The molecule has 25 heavy (non-hydrogen) atoms. The zero-order chi connectivity index (χ0) is 17.1. The van der Waals surface area contributed by atoms with Gasteiger partial charge in [-0.05, 0) is 51.3 Å². The van der Waals surface area contributed by atoms with E-state index < -0.39 is 0 Å². The summed E-state index contributed by atoms with van der Waals surface area (Å²) in [5.41, 5.74) is 1.06. The van der Waals surface area contributed by atoms with E-state index >= 15 is 0 Å². The number of rotatable bonds is 4. The lowest BCUT2D eigenvalue weighted by Gasteiger charge is -2.30. The fourth-order valence-corrected chi connectivity index (χ4v) is 4.13. The Labute approximate surface area is 150 Å². The zero-order valence-electron chi connectivity index (χ0n) is 15.2. The second kappa shape index (κ2) is 7.56. The number of fused-ring (bicyclic) bond motifs is 1. The van der Waals surface area contributed by atoms with Crippen molar-refractivity contribution in [1.29, 1.82) is 0 Å². The number of nitrogens with zero attached hydrogens (tertiary/aromatic N) is 4. The standard InChI is InChI=1S/C20H29N5/c1-2-25(18-12-9-13-21-18)20-22-17-11-6-5-10-16(17)19(23-20)24-14-7-3-4-8-15-24/h5-6,10-11,18,21H,2-4,7-9,12-15H2,1H3. The Hall–Kier alpha value is -1.88. The SMILES string of the molecule is CCN(c1nc(N2CCCCCC2)c2ccccc2n1)C1CCCN1. The Morgan fingerprint density at radius 1 is 1.08 bits per heavy atom. The maximum absolute atomic E-state index is 5.08. The Morgan fingerprint density at radius 2 is 1.88 bits per heavy atom. The van der Waals surface area contributed by atoms with Crippen LogP contribution >= 0.6 is 0 Å². The highest BCUT2D eigenvalue weighted by atomic mass is 15.4. The number of para-hydroxylation sites is 1. The van der Waals surface area contributed by atoms with E-state index in [1.165, 1.54) is 43.9 Å². The predicted octanol–water partition coefficient (Wildman–Crippen LogP) is 3.55. The summed E-state index contributed by atoms with van der Waals surface area (Å²) in [5.74, 6) is 2.00. The minimum atomic E-state index is 0.364. The molecule has 0 amide bonds. The molecule has 0 radical (unpaired) electrons. The number of hydrogen-bond donors (Lipinski definition) is 1. The molecular formula is C20H29N5. The van der Waals surface area contributed by atoms with Crippen LogP contribution in [0.2, 0.25) is 0 Å². The number of nitrogens with one attached hydrogen (secondary N) is 1. The van der Waals surface area contributed by atoms with Crippen LogP contribution in [-0.4, -0.2) is 42.3 Å². The molecule has 2 saturated heterocycles. The lowest BCUT2D eigenvalue weighted by Crippen LogP contribution is -2.43. The largest absolute Gasteiger partial charge is 0.356 e. The van der Waals surface area contributed by atoms with E-state index in [1.807, 2.05) is 0 Å². The molecule has 1 aromatic heterocycles. The van der Waals surface area contributed by atoms with Gasteiger partial charge in [0.15, 0.2) is 0 Å². The lowest BCUT2D eigenvalue weighted by molar-refractivity contribution is 0.557. The van der Waals surface area contributed by atoms with E-state index in [9.17, 15) is 0 Å². The minimum Gasteiger partial charge on any atom is -0.356 e. The van der Waals surface area contributed by atoms with Crippen LogP contribution in [0.3, 0.4) is 0 Å². The van der Waals surface area contributed by atoms with Gasteiger partial charge in [-0.25, -0.2) is 4.98 Å². The molecule has 134 valence electrons. The Balaban J connectivity index is 1.77. The third-order valence-electron chi connectivity index (χ3n) is 5.49. The molecule has 1 unspecified atom stereocenters. The van der Waals surface area contributed by atoms with Gasteiger partial charge in [0.25, 0.3) is 0 Å². The maximum Gasteiger partial charge on any atom is 0.229 e. The highest BCUT2D eigenvalue weighted by molar-refractivity contribution is 5.90. The molecule has 5 heteroatoms. The van der Waals surface area contributed by atoms with Crippen LogP contribution in [0.5, 0.6) is 0 Å². The zero-order valence-corrected chi connectivity index (χ0v) is 15.2. The molecule has 0 aliphatic carbocycles. The molecule has 2 aliphatic heterocycles. The van der Waals surface area contributed by atoms with Crippen molar-refractivity contribution in [3.05, 3.63) is 24.3 Å². The molecule has 0 spiro atoms. The molecule has 2 aliphatic rings. The average molecular weight is 339 g/mol. The molecule has 1 N–H and O–H groups in total. The monoisotopic (exact) mass is 339 g/mol. The van der Waals surface area contributed by atoms with Gasteiger partial charge in [-0.15, -0.1) is 0 Å². The van der Waals surface area contributed by atoms with Crippen LogP contribution in [-0.2, 0) is 0 Å². The topological polar surface area (TPSA) is 44.3 Å². The Bertz CT molecular complexity index is 702. The van der Waals surface area contributed by atoms with Crippen LogP contribution < -0.4 is 15.1 Å². The fourth-order valence-electron chi connectivity index (χ4n) is 4.13. The molecule has 4 rings (SSSR count). The van der Waals surface area contributed by atoms with Crippen molar-refractivity contribution in [3.63, 3.8) is 0 Å². The third kappa shape index (κ3) is 3.43. The van der Waals surface area contributed by atoms with Gasteiger partial charge >= 0.3 is 0 Å². The van der Waals surface area contributed by atoms with E-state index in [2.05, 4.69) is 46.3 Å². The first-order valence-corrected chi connectivity index (χ1v) is 9.88. The predicted molar refractivity (Wildman–Crippen MR) is 104 cm³/mol. The van der Waals surface area contributed by atoms with Gasteiger partial charge < -0.3 is 9.80 Å². The van der Waals surface area contributed by atoms with E-state index in [1.54, 1.807) is 0 Å². The Morgan fingerprint density at radius 3 is 2.60 bits per heavy atom. The van der Waals surface area contributed by atoms with Crippen molar-refractivity contribution in [2.75, 3.05) is 36.0 Å². The van der Waals surface area contributed by atoms with Crippen LogP contribution in [0.4, 0.5) is 11.8 Å². The molecule has 3 heterocycles. The molecular weight excluding hydrogens is 310 g/mol.